The van der Waals surface area contributed by atoms with Crippen LogP contribution < -0.4 is 9.64 Å². The molecule has 0 amide bonds. The third-order valence-electron chi connectivity index (χ3n) is 6.37. The lowest BCUT2D eigenvalue weighted by Gasteiger charge is -2.27. The average Bonchev–Trinajstić information content (AvgIpc) is 2.83. The van der Waals surface area contributed by atoms with Crippen molar-refractivity contribution >= 4 is 5.82 Å². The molecule has 0 bridgehead atoms. The summed E-state index contributed by atoms with van der Waals surface area (Å²) in [4.78, 5) is 12.5. The highest BCUT2D eigenvalue weighted by Crippen LogP contribution is 2.30. The van der Waals surface area contributed by atoms with Crippen LogP contribution in [0.5, 0.6) is 5.75 Å². The summed E-state index contributed by atoms with van der Waals surface area (Å²) in [5, 5.41) is 0. The number of aromatic nitrogens is 2. The molecule has 3 aromatic rings. The van der Waals surface area contributed by atoms with Crippen LogP contribution in [0.25, 0.3) is 11.4 Å². The molecular weight excluding hydrogens is 418 g/mol. The number of nitrogens with zero attached hydrogens (tertiary/aromatic N) is 3. The molecule has 0 saturated heterocycles. The lowest BCUT2D eigenvalue weighted by atomic mass is 10.0. The van der Waals surface area contributed by atoms with Crippen molar-refractivity contribution in [2.75, 3.05) is 18.0 Å². The molecule has 0 unspecified atom stereocenters. The minimum absolute atomic E-state index is 0.461. The van der Waals surface area contributed by atoms with Gasteiger partial charge in [0.2, 0.25) is 0 Å². The molecule has 1 heterocycles. The summed E-state index contributed by atoms with van der Waals surface area (Å²) in [5.74, 6) is 3.22. The number of aryl methyl sites for hydroxylation is 3. The SMILES string of the molecule is CCCN(CCC)c1nc(-c2ccccc2CC)nc(C)c1COc1cc(C(C)C)ccc1C. The van der Waals surface area contributed by atoms with E-state index in [4.69, 9.17) is 14.7 Å². The van der Waals surface area contributed by atoms with E-state index in [1.54, 1.807) is 0 Å². The summed E-state index contributed by atoms with van der Waals surface area (Å²) in [7, 11) is 0. The monoisotopic (exact) mass is 459 g/mol. The van der Waals surface area contributed by atoms with Gasteiger partial charge >= 0.3 is 0 Å². The highest BCUT2D eigenvalue weighted by atomic mass is 16.5. The molecule has 1 aromatic heterocycles. The summed E-state index contributed by atoms with van der Waals surface area (Å²) in [6, 6.07) is 15.0. The third kappa shape index (κ3) is 5.97. The largest absolute Gasteiger partial charge is 0.488 e. The Balaban J connectivity index is 2.06. The first-order chi connectivity index (χ1) is 16.4. The second kappa shape index (κ2) is 12.0. The summed E-state index contributed by atoms with van der Waals surface area (Å²) in [5.41, 5.74) is 6.90. The van der Waals surface area contributed by atoms with Gasteiger partial charge in [-0.25, -0.2) is 9.97 Å². The topological polar surface area (TPSA) is 38.2 Å². The average molecular weight is 460 g/mol. The first kappa shape index (κ1) is 25.7. The summed E-state index contributed by atoms with van der Waals surface area (Å²) >= 11 is 0. The summed E-state index contributed by atoms with van der Waals surface area (Å²) in [6.07, 6.45) is 3.09. The second-order valence-electron chi connectivity index (χ2n) is 9.40. The molecule has 4 nitrogen and oxygen atoms in total. The van der Waals surface area contributed by atoms with Gasteiger partial charge in [-0.2, -0.15) is 0 Å². The maximum Gasteiger partial charge on any atom is 0.162 e. The van der Waals surface area contributed by atoms with E-state index in [-0.39, 0.29) is 0 Å². The van der Waals surface area contributed by atoms with Gasteiger partial charge in [0.1, 0.15) is 18.2 Å². The lowest BCUT2D eigenvalue weighted by Crippen LogP contribution is -2.28. The fourth-order valence-corrected chi connectivity index (χ4v) is 4.32. The molecule has 0 aliphatic carbocycles. The third-order valence-corrected chi connectivity index (χ3v) is 6.37. The van der Waals surface area contributed by atoms with E-state index in [1.807, 2.05) is 0 Å². The Morgan fingerprint density at radius 1 is 0.912 bits per heavy atom. The van der Waals surface area contributed by atoms with Crippen molar-refractivity contribution < 1.29 is 4.74 Å². The van der Waals surface area contributed by atoms with Gasteiger partial charge in [0.15, 0.2) is 5.82 Å². The van der Waals surface area contributed by atoms with Gasteiger partial charge in [0, 0.05) is 18.7 Å². The molecule has 3 rings (SSSR count). The molecule has 0 atom stereocenters. The Morgan fingerprint density at radius 3 is 2.26 bits per heavy atom. The normalized spacial score (nSPS) is 11.2. The molecule has 4 heteroatoms. The van der Waals surface area contributed by atoms with Crippen LogP contribution in [0.2, 0.25) is 0 Å². The number of hydrogen-bond donors (Lipinski definition) is 0. The van der Waals surface area contributed by atoms with Gasteiger partial charge in [0.05, 0.1) is 11.3 Å². The molecule has 0 saturated carbocycles. The predicted octanol–water partition coefficient (Wildman–Crippen LogP) is 7.65. The first-order valence-electron chi connectivity index (χ1n) is 12.8. The molecule has 2 aromatic carbocycles. The van der Waals surface area contributed by atoms with Crippen LogP contribution in [-0.2, 0) is 13.0 Å². The van der Waals surface area contributed by atoms with Crippen LogP contribution in [0.3, 0.4) is 0 Å². The van der Waals surface area contributed by atoms with Crippen molar-refractivity contribution in [1.82, 2.24) is 9.97 Å². The molecular formula is C30H41N3O. The van der Waals surface area contributed by atoms with Crippen molar-refractivity contribution in [3.63, 3.8) is 0 Å². The van der Waals surface area contributed by atoms with E-state index in [0.29, 0.717) is 12.5 Å². The Bertz CT molecular complexity index is 1080. The molecule has 0 aliphatic rings. The Morgan fingerprint density at radius 2 is 1.62 bits per heavy atom. The first-order valence-corrected chi connectivity index (χ1v) is 12.8. The lowest BCUT2D eigenvalue weighted by molar-refractivity contribution is 0.302. The minimum Gasteiger partial charge on any atom is -0.488 e. The zero-order valence-corrected chi connectivity index (χ0v) is 22.1. The highest BCUT2D eigenvalue weighted by molar-refractivity contribution is 5.64. The highest BCUT2D eigenvalue weighted by Gasteiger charge is 2.20. The zero-order chi connectivity index (χ0) is 24.7. The quantitative estimate of drug-likeness (QED) is 0.295. The van der Waals surface area contributed by atoms with Crippen LogP contribution in [0.15, 0.2) is 42.5 Å². The van der Waals surface area contributed by atoms with E-state index in [2.05, 4.69) is 95.8 Å². The van der Waals surface area contributed by atoms with Crippen LogP contribution in [-0.4, -0.2) is 23.1 Å². The van der Waals surface area contributed by atoms with E-state index < -0.39 is 0 Å². The Hall–Kier alpha value is -2.88. The van der Waals surface area contributed by atoms with Crippen LogP contribution in [0.4, 0.5) is 5.82 Å². The van der Waals surface area contributed by atoms with Gasteiger partial charge in [-0.1, -0.05) is 71.0 Å². The number of ether oxygens (including phenoxy) is 1. The van der Waals surface area contributed by atoms with E-state index >= 15 is 0 Å². The van der Waals surface area contributed by atoms with Gasteiger partial charge in [-0.05, 0) is 61.8 Å². The van der Waals surface area contributed by atoms with Crippen LogP contribution in [0.1, 0.15) is 81.3 Å². The zero-order valence-electron chi connectivity index (χ0n) is 22.1. The standard InChI is InChI=1S/C30H41N3O/c1-8-17-33(18-9-2)30-27(20-34-28-19-25(21(4)5)16-15-22(28)6)23(7)31-29(32-30)26-14-12-11-13-24(26)10-3/h11-16,19,21H,8-10,17-18,20H2,1-7H3. The number of rotatable bonds is 11. The molecule has 0 radical (unpaired) electrons. The van der Waals surface area contributed by atoms with Gasteiger partial charge in [-0.3, -0.25) is 0 Å². The number of anilines is 1. The summed E-state index contributed by atoms with van der Waals surface area (Å²) < 4.78 is 6.43. The van der Waals surface area contributed by atoms with E-state index in [9.17, 15) is 0 Å². The van der Waals surface area contributed by atoms with E-state index in [0.717, 1.165) is 72.1 Å². The van der Waals surface area contributed by atoms with Gasteiger partial charge < -0.3 is 9.64 Å². The maximum absolute atomic E-state index is 6.43. The Labute approximate surface area is 206 Å². The number of benzene rings is 2. The van der Waals surface area contributed by atoms with Gasteiger partial charge in [0.25, 0.3) is 0 Å². The van der Waals surface area contributed by atoms with Crippen molar-refractivity contribution in [3.05, 3.63) is 70.4 Å². The van der Waals surface area contributed by atoms with Crippen molar-refractivity contribution in [1.29, 1.82) is 0 Å². The molecule has 34 heavy (non-hydrogen) atoms. The number of hydrogen-bond acceptors (Lipinski definition) is 4. The minimum atomic E-state index is 0.461. The van der Waals surface area contributed by atoms with Crippen molar-refractivity contribution in [2.45, 2.75) is 80.3 Å². The summed E-state index contributed by atoms with van der Waals surface area (Å²) in [6.45, 7) is 17.6. The fourth-order valence-electron chi connectivity index (χ4n) is 4.32. The van der Waals surface area contributed by atoms with Crippen LogP contribution in [0, 0.1) is 13.8 Å². The molecule has 0 aliphatic heterocycles. The van der Waals surface area contributed by atoms with Crippen LogP contribution >= 0.6 is 0 Å². The van der Waals surface area contributed by atoms with Crippen molar-refractivity contribution in [2.24, 2.45) is 0 Å². The fraction of sp³-hybridized carbons (Fsp3) is 0.467. The molecule has 0 fully saturated rings. The smallest absolute Gasteiger partial charge is 0.162 e. The molecule has 182 valence electrons. The van der Waals surface area contributed by atoms with Crippen molar-refractivity contribution in [3.8, 4) is 17.1 Å². The maximum atomic E-state index is 6.43. The van der Waals surface area contributed by atoms with E-state index in [1.165, 1.54) is 11.1 Å². The van der Waals surface area contributed by atoms with Gasteiger partial charge in [-0.15, -0.1) is 0 Å². The predicted molar refractivity (Wildman–Crippen MR) is 144 cm³/mol. The molecule has 0 N–H and O–H groups in total. The molecule has 0 spiro atoms. The Kier molecular flexibility index (Phi) is 9.09. The second-order valence-corrected chi connectivity index (χ2v) is 9.40.